The molecule has 0 aliphatic rings. The van der Waals surface area contributed by atoms with Crippen molar-refractivity contribution in [2.75, 3.05) is 14.2 Å². The molecule has 0 amide bonds. The molecule has 0 aromatic heterocycles. The number of esters is 1. The second kappa shape index (κ2) is 5.77. The molecule has 0 aliphatic carbocycles. The van der Waals surface area contributed by atoms with Crippen LogP contribution in [0.2, 0.25) is 5.02 Å². The molecule has 0 fully saturated rings. The molecule has 18 heavy (non-hydrogen) atoms. The molecule has 0 saturated carbocycles. The Morgan fingerprint density at radius 3 is 2.39 bits per heavy atom. The van der Waals surface area contributed by atoms with Crippen LogP contribution in [0.3, 0.4) is 0 Å². The highest BCUT2D eigenvalue weighted by Gasteiger charge is 2.21. The molecule has 1 rings (SSSR count). The van der Waals surface area contributed by atoms with E-state index in [1.54, 1.807) is 0 Å². The van der Waals surface area contributed by atoms with Crippen LogP contribution in [0.25, 0.3) is 0 Å². The Bertz CT molecular complexity index is 568. The predicted molar refractivity (Wildman–Crippen MR) is 66.8 cm³/mol. The van der Waals surface area contributed by atoms with Crippen molar-refractivity contribution < 1.29 is 22.7 Å². The third kappa shape index (κ3) is 3.51. The lowest BCUT2D eigenvalue weighted by atomic mass is 10.1. The summed E-state index contributed by atoms with van der Waals surface area (Å²) in [6.07, 6.45) is -0.111. The van der Waals surface area contributed by atoms with E-state index in [1.165, 1.54) is 26.4 Å². The summed E-state index contributed by atoms with van der Waals surface area (Å²) in [5.74, 6) is -0.575. The van der Waals surface area contributed by atoms with Crippen LogP contribution in [-0.2, 0) is 25.0 Å². The highest BCUT2D eigenvalue weighted by atomic mass is 35.7. The van der Waals surface area contributed by atoms with Crippen molar-refractivity contribution in [1.82, 2.24) is 0 Å². The van der Waals surface area contributed by atoms with Gasteiger partial charge in [0.1, 0.15) is 4.90 Å². The van der Waals surface area contributed by atoms with Crippen LogP contribution in [0, 0.1) is 0 Å². The average Bonchev–Trinajstić information content (AvgIpc) is 2.27. The average molecular weight is 313 g/mol. The van der Waals surface area contributed by atoms with E-state index in [-0.39, 0.29) is 22.1 Å². The molecule has 0 unspecified atom stereocenters. The Morgan fingerprint density at radius 2 is 1.94 bits per heavy atom. The maximum atomic E-state index is 11.4. The number of halogens is 2. The minimum absolute atomic E-state index is 0.0538. The fourth-order valence-corrected chi connectivity index (χ4v) is 2.77. The van der Waals surface area contributed by atoms with Gasteiger partial charge in [0, 0.05) is 10.7 Å². The van der Waals surface area contributed by atoms with Gasteiger partial charge < -0.3 is 9.47 Å². The van der Waals surface area contributed by atoms with Gasteiger partial charge in [0.2, 0.25) is 0 Å². The number of rotatable bonds is 4. The maximum Gasteiger partial charge on any atom is 0.309 e. The molecule has 1 aromatic carbocycles. The first-order valence-electron chi connectivity index (χ1n) is 4.67. The van der Waals surface area contributed by atoms with Gasteiger partial charge in [0.15, 0.2) is 5.75 Å². The van der Waals surface area contributed by atoms with Crippen LogP contribution >= 0.6 is 22.3 Å². The number of carbonyl (C=O) groups is 1. The van der Waals surface area contributed by atoms with E-state index in [9.17, 15) is 13.2 Å². The summed E-state index contributed by atoms with van der Waals surface area (Å²) in [6, 6.07) is 2.65. The van der Waals surface area contributed by atoms with Crippen molar-refractivity contribution in [3.05, 3.63) is 22.7 Å². The fourth-order valence-electron chi connectivity index (χ4n) is 1.34. The molecule has 0 saturated heterocycles. The second-order valence-corrected chi connectivity index (χ2v) is 6.24. The standard InChI is InChI=1S/C10H10Cl2O5S/c1-16-9(13)5-6-3-7(11)10(17-2)8(4-6)18(12,14)15/h3-4H,5H2,1-2H3. The van der Waals surface area contributed by atoms with Gasteiger partial charge in [-0.05, 0) is 17.7 Å². The Labute approximate surface area is 114 Å². The quantitative estimate of drug-likeness (QED) is 0.628. The van der Waals surface area contributed by atoms with Gasteiger partial charge in [-0.3, -0.25) is 4.79 Å². The lowest BCUT2D eigenvalue weighted by Crippen LogP contribution is -2.06. The van der Waals surface area contributed by atoms with Gasteiger partial charge in [-0.25, -0.2) is 8.42 Å². The number of hydrogen-bond donors (Lipinski definition) is 0. The highest BCUT2D eigenvalue weighted by Crippen LogP contribution is 2.35. The van der Waals surface area contributed by atoms with Crippen LogP contribution in [0.1, 0.15) is 5.56 Å². The van der Waals surface area contributed by atoms with Gasteiger partial charge in [-0.2, -0.15) is 0 Å². The van der Waals surface area contributed by atoms with E-state index in [0.717, 1.165) is 0 Å². The molecular formula is C10H10Cl2O5S. The van der Waals surface area contributed by atoms with Crippen molar-refractivity contribution in [2.24, 2.45) is 0 Å². The Kier molecular flexibility index (Phi) is 4.84. The van der Waals surface area contributed by atoms with Crippen LogP contribution in [0.15, 0.2) is 17.0 Å². The molecular weight excluding hydrogens is 303 g/mol. The van der Waals surface area contributed by atoms with Crippen LogP contribution in [0.5, 0.6) is 5.75 Å². The summed E-state index contributed by atoms with van der Waals surface area (Å²) in [7, 11) is 3.75. The molecule has 0 aliphatic heterocycles. The number of methoxy groups -OCH3 is 2. The van der Waals surface area contributed by atoms with Crippen molar-refractivity contribution in [1.29, 1.82) is 0 Å². The summed E-state index contributed by atoms with van der Waals surface area (Å²) in [5, 5.41) is 0.0538. The van der Waals surface area contributed by atoms with Gasteiger partial charge in [0.25, 0.3) is 9.05 Å². The van der Waals surface area contributed by atoms with E-state index < -0.39 is 15.0 Å². The minimum Gasteiger partial charge on any atom is -0.494 e. The Morgan fingerprint density at radius 1 is 1.33 bits per heavy atom. The second-order valence-electron chi connectivity index (χ2n) is 3.30. The van der Waals surface area contributed by atoms with Crippen molar-refractivity contribution in [3.8, 4) is 5.75 Å². The summed E-state index contributed by atoms with van der Waals surface area (Å²) >= 11 is 5.87. The zero-order chi connectivity index (χ0) is 13.9. The topological polar surface area (TPSA) is 69.7 Å². The first-order valence-corrected chi connectivity index (χ1v) is 7.36. The van der Waals surface area contributed by atoms with Gasteiger partial charge in [-0.1, -0.05) is 11.6 Å². The Hall–Kier alpha value is -0.980. The van der Waals surface area contributed by atoms with Crippen LogP contribution in [0.4, 0.5) is 0 Å². The van der Waals surface area contributed by atoms with E-state index >= 15 is 0 Å². The molecule has 100 valence electrons. The molecule has 1 aromatic rings. The number of hydrogen-bond acceptors (Lipinski definition) is 5. The van der Waals surface area contributed by atoms with Gasteiger partial charge >= 0.3 is 5.97 Å². The molecule has 5 nitrogen and oxygen atoms in total. The highest BCUT2D eigenvalue weighted by molar-refractivity contribution is 8.13. The minimum atomic E-state index is -4.02. The molecule has 0 heterocycles. The van der Waals surface area contributed by atoms with E-state index in [1.807, 2.05) is 0 Å². The van der Waals surface area contributed by atoms with E-state index in [4.69, 9.17) is 27.0 Å². The summed E-state index contributed by atoms with van der Waals surface area (Å²) < 4.78 is 32.1. The zero-order valence-electron chi connectivity index (χ0n) is 9.57. The van der Waals surface area contributed by atoms with E-state index in [2.05, 4.69) is 4.74 Å². The first kappa shape index (κ1) is 15.1. The molecule has 0 spiro atoms. The van der Waals surface area contributed by atoms with Crippen LogP contribution in [-0.4, -0.2) is 28.6 Å². The molecule has 0 radical (unpaired) electrons. The number of carbonyl (C=O) groups excluding carboxylic acids is 1. The monoisotopic (exact) mass is 312 g/mol. The Balaban J connectivity index is 3.36. The normalized spacial score (nSPS) is 11.1. The summed E-state index contributed by atoms with van der Waals surface area (Å²) in [5.41, 5.74) is 0.367. The SMILES string of the molecule is COC(=O)Cc1cc(Cl)c(OC)c(S(=O)(=O)Cl)c1. The molecule has 0 N–H and O–H groups in total. The first-order chi connectivity index (χ1) is 8.29. The smallest absolute Gasteiger partial charge is 0.309 e. The third-order valence-electron chi connectivity index (χ3n) is 2.11. The van der Waals surface area contributed by atoms with Gasteiger partial charge in [-0.15, -0.1) is 0 Å². The molecule has 0 bridgehead atoms. The maximum absolute atomic E-state index is 11.4. The third-order valence-corrected chi connectivity index (χ3v) is 3.72. The lowest BCUT2D eigenvalue weighted by molar-refractivity contribution is -0.139. The van der Waals surface area contributed by atoms with Crippen molar-refractivity contribution in [3.63, 3.8) is 0 Å². The lowest BCUT2D eigenvalue weighted by Gasteiger charge is -2.10. The van der Waals surface area contributed by atoms with Crippen LogP contribution < -0.4 is 4.74 Å². The van der Waals surface area contributed by atoms with Gasteiger partial charge in [0.05, 0.1) is 25.7 Å². The number of benzene rings is 1. The zero-order valence-corrected chi connectivity index (χ0v) is 11.9. The predicted octanol–water partition coefficient (Wildman–Crippen LogP) is 1.99. The summed E-state index contributed by atoms with van der Waals surface area (Å²) in [6.45, 7) is 0. The fraction of sp³-hybridized carbons (Fsp3) is 0.300. The summed E-state index contributed by atoms with van der Waals surface area (Å²) in [4.78, 5) is 10.8. The largest absolute Gasteiger partial charge is 0.494 e. The number of ether oxygens (including phenoxy) is 2. The van der Waals surface area contributed by atoms with E-state index in [0.29, 0.717) is 5.56 Å². The molecule has 8 heteroatoms. The van der Waals surface area contributed by atoms with Crippen molar-refractivity contribution >= 4 is 37.3 Å². The van der Waals surface area contributed by atoms with Crippen molar-refractivity contribution in [2.45, 2.75) is 11.3 Å². The molecule has 0 atom stereocenters.